The molecule has 0 saturated heterocycles. The average Bonchev–Trinajstić information content (AvgIpc) is 2.77. The molecule has 21 heavy (non-hydrogen) atoms. The first-order valence-corrected chi connectivity index (χ1v) is 8.06. The van der Waals surface area contributed by atoms with E-state index in [2.05, 4.69) is 35.6 Å². The highest BCUT2D eigenvalue weighted by molar-refractivity contribution is 5.81. The van der Waals surface area contributed by atoms with E-state index in [9.17, 15) is 4.79 Å². The van der Waals surface area contributed by atoms with E-state index in [1.54, 1.807) is 0 Å². The Bertz CT molecular complexity index is 428. The second kappa shape index (κ2) is 9.55. The molecule has 0 aliphatic heterocycles. The number of hydrogen-bond acceptors (Lipinski definition) is 3. The zero-order valence-electron chi connectivity index (χ0n) is 13.9. The van der Waals surface area contributed by atoms with E-state index in [1.807, 2.05) is 18.5 Å². The molecule has 1 rings (SSSR count). The maximum atomic E-state index is 11.8. The summed E-state index contributed by atoms with van der Waals surface area (Å²) < 4.78 is 2.02. The standard InChI is InChI=1S/C16H30N4O/c1-5-6-7-9-18-16(21)15(4)17-10-8-11-20-14(3)12-13(2)19-20/h12,15,17H,5-11H2,1-4H3,(H,18,21). The highest BCUT2D eigenvalue weighted by Crippen LogP contribution is 2.02. The van der Waals surface area contributed by atoms with Gasteiger partial charge in [0.1, 0.15) is 0 Å². The average molecular weight is 294 g/mol. The molecule has 0 saturated carbocycles. The number of rotatable bonds is 10. The number of hydrogen-bond donors (Lipinski definition) is 2. The van der Waals surface area contributed by atoms with Gasteiger partial charge in [-0.3, -0.25) is 9.48 Å². The molecular weight excluding hydrogens is 264 g/mol. The van der Waals surface area contributed by atoms with E-state index in [0.717, 1.165) is 38.2 Å². The molecule has 0 aliphatic carbocycles. The van der Waals surface area contributed by atoms with Gasteiger partial charge in [0.15, 0.2) is 0 Å². The molecule has 0 bridgehead atoms. The molecule has 1 heterocycles. The molecule has 5 nitrogen and oxygen atoms in total. The van der Waals surface area contributed by atoms with E-state index < -0.39 is 0 Å². The van der Waals surface area contributed by atoms with Gasteiger partial charge in [-0.05, 0) is 46.2 Å². The van der Waals surface area contributed by atoms with E-state index >= 15 is 0 Å². The fourth-order valence-corrected chi connectivity index (χ4v) is 2.28. The van der Waals surface area contributed by atoms with Gasteiger partial charge in [-0.25, -0.2) is 0 Å². The molecule has 1 atom stereocenters. The van der Waals surface area contributed by atoms with Gasteiger partial charge in [-0.1, -0.05) is 19.8 Å². The van der Waals surface area contributed by atoms with Crippen molar-refractivity contribution in [3.05, 3.63) is 17.5 Å². The lowest BCUT2D eigenvalue weighted by Crippen LogP contribution is -2.42. The summed E-state index contributed by atoms with van der Waals surface area (Å²) in [5, 5.41) is 10.7. The first-order chi connectivity index (χ1) is 10.0. The van der Waals surface area contributed by atoms with E-state index in [0.29, 0.717) is 0 Å². The molecule has 0 radical (unpaired) electrons. The van der Waals surface area contributed by atoms with Gasteiger partial charge in [-0.15, -0.1) is 0 Å². The van der Waals surface area contributed by atoms with Crippen molar-refractivity contribution in [3.8, 4) is 0 Å². The molecule has 2 N–H and O–H groups in total. The normalized spacial score (nSPS) is 12.4. The first-order valence-electron chi connectivity index (χ1n) is 8.06. The lowest BCUT2D eigenvalue weighted by atomic mass is 10.2. The Kier molecular flexibility index (Phi) is 8.05. The quantitative estimate of drug-likeness (QED) is 0.650. The predicted octanol–water partition coefficient (Wildman–Crippen LogP) is 2.17. The van der Waals surface area contributed by atoms with Crippen molar-refractivity contribution in [2.45, 2.75) is 66.0 Å². The van der Waals surface area contributed by atoms with Crippen LogP contribution in [0.3, 0.4) is 0 Å². The highest BCUT2D eigenvalue weighted by Gasteiger charge is 2.10. The molecule has 0 spiro atoms. The van der Waals surface area contributed by atoms with Crippen LogP contribution in [0.15, 0.2) is 6.07 Å². The number of carbonyl (C=O) groups excluding carboxylic acids is 1. The number of aromatic nitrogens is 2. The SMILES string of the molecule is CCCCCNC(=O)C(C)NCCCn1nc(C)cc1C. The molecule has 0 aromatic carbocycles. The van der Waals surface area contributed by atoms with Gasteiger partial charge in [0.05, 0.1) is 11.7 Å². The maximum absolute atomic E-state index is 11.8. The molecule has 5 heteroatoms. The monoisotopic (exact) mass is 294 g/mol. The van der Waals surface area contributed by atoms with E-state index in [-0.39, 0.29) is 11.9 Å². The smallest absolute Gasteiger partial charge is 0.236 e. The van der Waals surface area contributed by atoms with Crippen LogP contribution in [0.2, 0.25) is 0 Å². The lowest BCUT2D eigenvalue weighted by Gasteiger charge is -2.14. The van der Waals surface area contributed by atoms with Gasteiger partial charge in [0, 0.05) is 18.8 Å². The molecule has 0 aliphatic rings. The van der Waals surface area contributed by atoms with Crippen LogP contribution < -0.4 is 10.6 Å². The molecule has 1 aromatic heterocycles. The molecule has 1 aromatic rings. The van der Waals surface area contributed by atoms with Crippen LogP contribution in [0.25, 0.3) is 0 Å². The van der Waals surface area contributed by atoms with Crippen LogP contribution >= 0.6 is 0 Å². The molecular formula is C16H30N4O. The van der Waals surface area contributed by atoms with Crippen LogP contribution in [0.4, 0.5) is 0 Å². The van der Waals surface area contributed by atoms with Crippen LogP contribution in [-0.4, -0.2) is 34.8 Å². The molecule has 0 fully saturated rings. The number of amides is 1. The van der Waals surface area contributed by atoms with Crippen molar-refractivity contribution >= 4 is 5.91 Å². The molecule has 120 valence electrons. The lowest BCUT2D eigenvalue weighted by molar-refractivity contribution is -0.122. The van der Waals surface area contributed by atoms with Gasteiger partial charge in [-0.2, -0.15) is 5.10 Å². The summed E-state index contributed by atoms with van der Waals surface area (Å²) in [4.78, 5) is 11.8. The summed E-state index contributed by atoms with van der Waals surface area (Å²) in [7, 11) is 0. The van der Waals surface area contributed by atoms with Crippen molar-refractivity contribution in [2.75, 3.05) is 13.1 Å². The van der Waals surface area contributed by atoms with Crippen LogP contribution in [0, 0.1) is 13.8 Å². The van der Waals surface area contributed by atoms with Crippen molar-refractivity contribution in [2.24, 2.45) is 0 Å². The minimum Gasteiger partial charge on any atom is -0.355 e. The highest BCUT2D eigenvalue weighted by atomic mass is 16.2. The number of nitrogens with one attached hydrogen (secondary N) is 2. The second-order valence-corrected chi connectivity index (χ2v) is 5.68. The van der Waals surface area contributed by atoms with Gasteiger partial charge < -0.3 is 10.6 Å². The Labute approximate surface area is 128 Å². The van der Waals surface area contributed by atoms with Crippen molar-refractivity contribution in [1.29, 1.82) is 0 Å². The largest absolute Gasteiger partial charge is 0.355 e. The minimum atomic E-state index is -0.132. The second-order valence-electron chi connectivity index (χ2n) is 5.68. The summed E-state index contributed by atoms with van der Waals surface area (Å²) in [5.41, 5.74) is 2.24. The first kappa shape index (κ1) is 17.7. The van der Waals surface area contributed by atoms with Gasteiger partial charge >= 0.3 is 0 Å². The van der Waals surface area contributed by atoms with Crippen LogP contribution in [0.5, 0.6) is 0 Å². The zero-order chi connectivity index (χ0) is 15.7. The third-order valence-electron chi connectivity index (χ3n) is 3.57. The van der Waals surface area contributed by atoms with Gasteiger partial charge in [0.2, 0.25) is 5.91 Å². The summed E-state index contributed by atoms with van der Waals surface area (Å²) in [6.45, 7) is 10.6. The Balaban J connectivity index is 2.13. The number of nitrogens with zero attached hydrogens (tertiary/aromatic N) is 2. The fourth-order valence-electron chi connectivity index (χ4n) is 2.28. The fraction of sp³-hybridized carbons (Fsp3) is 0.750. The molecule has 1 unspecified atom stereocenters. The Morgan fingerprint density at radius 2 is 2.05 bits per heavy atom. The molecule has 1 amide bonds. The predicted molar refractivity (Wildman–Crippen MR) is 86.3 cm³/mol. The van der Waals surface area contributed by atoms with Gasteiger partial charge in [0.25, 0.3) is 0 Å². The zero-order valence-corrected chi connectivity index (χ0v) is 13.9. The number of unbranched alkanes of at least 4 members (excludes halogenated alkanes) is 2. The Morgan fingerprint density at radius 1 is 1.29 bits per heavy atom. The van der Waals surface area contributed by atoms with E-state index in [4.69, 9.17) is 0 Å². The number of carbonyl (C=O) groups is 1. The van der Waals surface area contributed by atoms with Crippen LogP contribution in [-0.2, 0) is 11.3 Å². The summed E-state index contributed by atoms with van der Waals surface area (Å²) in [5.74, 6) is 0.0946. The van der Waals surface area contributed by atoms with Crippen molar-refractivity contribution in [3.63, 3.8) is 0 Å². The van der Waals surface area contributed by atoms with Crippen molar-refractivity contribution in [1.82, 2.24) is 20.4 Å². The Morgan fingerprint density at radius 3 is 2.67 bits per heavy atom. The maximum Gasteiger partial charge on any atom is 0.236 e. The van der Waals surface area contributed by atoms with Crippen molar-refractivity contribution < 1.29 is 4.79 Å². The summed E-state index contributed by atoms with van der Waals surface area (Å²) >= 11 is 0. The Hall–Kier alpha value is -1.36. The minimum absolute atomic E-state index is 0.0946. The third kappa shape index (κ3) is 6.76. The summed E-state index contributed by atoms with van der Waals surface area (Å²) in [6, 6.07) is 1.95. The summed E-state index contributed by atoms with van der Waals surface area (Å²) in [6.07, 6.45) is 4.38. The van der Waals surface area contributed by atoms with E-state index in [1.165, 1.54) is 18.5 Å². The topological polar surface area (TPSA) is 59.0 Å². The third-order valence-corrected chi connectivity index (χ3v) is 3.57. The number of aryl methyl sites for hydroxylation is 3. The van der Waals surface area contributed by atoms with Crippen LogP contribution in [0.1, 0.15) is 50.9 Å².